The molecule has 1 aromatic rings. The Balaban J connectivity index is 1.93. The average Bonchev–Trinajstić information content (AvgIpc) is 2.87. The average molecular weight is 222 g/mol. The highest BCUT2D eigenvalue weighted by Gasteiger charge is 2.16. The first-order valence-electron chi connectivity index (χ1n) is 5.25. The number of ether oxygens (including phenoxy) is 1. The van der Waals surface area contributed by atoms with Crippen LogP contribution < -0.4 is 0 Å². The third-order valence-electron chi connectivity index (χ3n) is 2.54. The summed E-state index contributed by atoms with van der Waals surface area (Å²) in [4.78, 5) is 10.3. The molecule has 5 nitrogen and oxygen atoms in total. The molecule has 0 amide bonds. The summed E-state index contributed by atoms with van der Waals surface area (Å²) in [6, 6.07) is 0. The molecule has 1 saturated heterocycles. The van der Waals surface area contributed by atoms with Crippen LogP contribution in [-0.4, -0.2) is 34.1 Å². The number of hydrogen-bond acceptors (Lipinski definition) is 3. The molecule has 1 aliphatic heterocycles. The van der Waals surface area contributed by atoms with Crippen LogP contribution >= 0.6 is 0 Å². The second-order valence-electron chi connectivity index (χ2n) is 3.90. The Morgan fingerprint density at radius 2 is 2.62 bits per heavy atom. The topological polar surface area (TPSA) is 64.3 Å². The number of rotatable bonds is 4. The van der Waals surface area contributed by atoms with E-state index in [1.165, 1.54) is 6.08 Å². The SMILES string of the molecule is O=C(O)/C=C/c1cnn(C[C@H]2CCOC2)c1. The van der Waals surface area contributed by atoms with Gasteiger partial charge in [0.2, 0.25) is 0 Å². The molecule has 1 N–H and O–H groups in total. The number of aliphatic carboxylic acids is 1. The van der Waals surface area contributed by atoms with Crippen molar-refractivity contribution in [3.8, 4) is 0 Å². The Labute approximate surface area is 93.3 Å². The van der Waals surface area contributed by atoms with Crippen LogP contribution in [0.15, 0.2) is 18.5 Å². The van der Waals surface area contributed by atoms with Gasteiger partial charge in [0, 0.05) is 36.9 Å². The third-order valence-corrected chi connectivity index (χ3v) is 2.54. The molecular formula is C11H14N2O3. The maximum Gasteiger partial charge on any atom is 0.328 e. The summed E-state index contributed by atoms with van der Waals surface area (Å²) >= 11 is 0. The van der Waals surface area contributed by atoms with Crippen LogP contribution in [0, 0.1) is 5.92 Å². The van der Waals surface area contributed by atoms with Crippen molar-refractivity contribution in [2.24, 2.45) is 5.92 Å². The fourth-order valence-corrected chi connectivity index (χ4v) is 1.72. The molecule has 2 rings (SSSR count). The van der Waals surface area contributed by atoms with Crippen molar-refractivity contribution >= 4 is 12.0 Å². The van der Waals surface area contributed by atoms with Crippen molar-refractivity contribution in [2.75, 3.05) is 13.2 Å². The molecule has 0 aromatic carbocycles. The van der Waals surface area contributed by atoms with Crippen molar-refractivity contribution in [1.29, 1.82) is 0 Å². The minimum absolute atomic E-state index is 0.524. The van der Waals surface area contributed by atoms with Gasteiger partial charge in [0.25, 0.3) is 0 Å². The van der Waals surface area contributed by atoms with Gasteiger partial charge in [0.1, 0.15) is 0 Å². The molecule has 0 unspecified atom stereocenters. The van der Waals surface area contributed by atoms with E-state index in [1.54, 1.807) is 6.20 Å². The van der Waals surface area contributed by atoms with Crippen molar-refractivity contribution < 1.29 is 14.6 Å². The maximum atomic E-state index is 10.3. The van der Waals surface area contributed by atoms with Gasteiger partial charge in [-0.25, -0.2) is 4.79 Å². The van der Waals surface area contributed by atoms with Crippen LogP contribution in [0.3, 0.4) is 0 Å². The van der Waals surface area contributed by atoms with E-state index in [0.717, 1.165) is 37.8 Å². The van der Waals surface area contributed by atoms with Gasteiger partial charge in [0.05, 0.1) is 12.8 Å². The van der Waals surface area contributed by atoms with Gasteiger partial charge in [0.15, 0.2) is 0 Å². The first-order chi connectivity index (χ1) is 7.74. The van der Waals surface area contributed by atoms with Gasteiger partial charge in [-0.1, -0.05) is 0 Å². The van der Waals surface area contributed by atoms with Gasteiger partial charge < -0.3 is 9.84 Å². The highest BCUT2D eigenvalue weighted by Crippen LogP contribution is 2.14. The fourth-order valence-electron chi connectivity index (χ4n) is 1.72. The normalized spacial score (nSPS) is 20.6. The summed E-state index contributed by atoms with van der Waals surface area (Å²) in [5.41, 5.74) is 0.807. The highest BCUT2D eigenvalue weighted by molar-refractivity contribution is 5.85. The Morgan fingerprint density at radius 3 is 3.31 bits per heavy atom. The molecule has 1 atom stereocenters. The van der Waals surface area contributed by atoms with Gasteiger partial charge in [-0.3, -0.25) is 4.68 Å². The van der Waals surface area contributed by atoms with E-state index in [1.807, 2.05) is 10.9 Å². The first kappa shape index (κ1) is 10.9. The Morgan fingerprint density at radius 1 is 1.75 bits per heavy atom. The highest BCUT2D eigenvalue weighted by atomic mass is 16.5. The van der Waals surface area contributed by atoms with Gasteiger partial charge in [-0.05, 0) is 12.5 Å². The second-order valence-corrected chi connectivity index (χ2v) is 3.90. The summed E-state index contributed by atoms with van der Waals surface area (Å²) in [7, 11) is 0. The summed E-state index contributed by atoms with van der Waals surface area (Å²) in [6.07, 6.45) is 7.23. The number of carboxylic acid groups (broad SMARTS) is 1. The van der Waals surface area contributed by atoms with Crippen molar-refractivity contribution in [1.82, 2.24) is 9.78 Å². The lowest BCUT2D eigenvalue weighted by atomic mass is 10.1. The molecule has 0 bridgehead atoms. The van der Waals surface area contributed by atoms with Crippen LogP contribution in [0.1, 0.15) is 12.0 Å². The smallest absolute Gasteiger partial charge is 0.328 e. The lowest BCUT2D eigenvalue weighted by Crippen LogP contribution is -2.10. The van der Waals surface area contributed by atoms with Crippen LogP contribution in [0.4, 0.5) is 0 Å². The van der Waals surface area contributed by atoms with Crippen molar-refractivity contribution in [3.63, 3.8) is 0 Å². The van der Waals surface area contributed by atoms with Gasteiger partial charge >= 0.3 is 5.97 Å². The lowest BCUT2D eigenvalue weighted by Gasteiger charge is -2.06. The van der Waals surface area contributed by atoms with Crippen LogP contribution in [-0.2, 0) is 16.1 Å². The zero-order chi connectivity index (χ0) is 11.4. The molecule has 86 valence electrons. The van der Waals surface area contributed by atoms with Crippen LogP contribution in [0.2, 0.25) is 0 Å². The Hall–Kier alpha value is -1.62. The largest absolute Gasteiger partial charge is 0.478 e. The number of nitrogens with zero attached hydrogens (tertiary/aromatic N) is 2. The molecule has 0 saturated carbocycles. The zero-order valence-electron chi connectivity index (χ0n) is 8.87. The summed E-state index contributed by atoms with van der Waals surface area (Å²) in [5.74, 6) is -0.423. The zero-order valence-corrected chi connectivity index (χ0v) is 8.87. The lowest BCUT2D eigenvalue weighted by molar-refractivity contribution is -0.131. The standard InChI is InChI=1S/C11H14N2O3/c14-11(15)2-1-9-5-12-13(6-9)7-10-3-4-16-8-10/h1-2,5-6,10H,3-4,7-8H2,(H,14,15)/b2-1+/t10-/m1/s1. The Bertz CT molecular complexity index is 392. The number of aromatic nitrogens is 2. The van der Waals surface area contributed by atoms with E-state index < -0.39 is 5.97 Å². The van der Waals surface area contributed by atoms with Crippen molar-refractivity contribution in [3.05, 3.63) is 24.0 Å². The monoisotopic (exact) mass is 222 g/mol. The van der Waals surface area contributed by atoms with E-state index in [2.05, 4.69) is 5.10 Å². The summed E-state index contributed by atoms with van der Waals surface area (Å²) in [6.45, 7) is 2.46. The third kappa shape index (κ3) is 2.93. The molecule has 1 aliphatic rings. The van der Waals surface area contributed by atoms with Crippen molar-refractivity contribution in [2.45, 2.75) is 13.0 Å². The molecule has 0 radical (unpaired) electrons. The van der Waals surface area contributed by atoms with Crippen LogP contribution in [0.25, 0.3) is 6.08 Å². The molecule has 0 aliphatic carbocycles. The Kier molecular flexibility index (Phi) is 3.36. The van der Waals surface area contributed by atoms with E-state index in [-0.39, 0.29) is 0 Å². The molecule has 1 aromatic heterocycles. The molecule has 2 heterocycles. The predicted octanol–water partition coefficient (Wildman–Crippen LogP) is 1.02. The van der Waals surface area contributed by atoms with Crippen LogP contribution in [0.5, 0.6) is 0 Å². The quantitative estimate of drug-likeness (QED) is 0.772. The van der Waals surface area contributed by atoms with E-state index in [4.69, 9.17) is 9.84 Å². The minimum Gasteiger partial charge on any atom is -0.478 e. The maximum absolute atomic E-state index is 10.3. The number of hydrogen-bond donors (Lipinski definition) is 1. The fraction of sp³-hybridized carbons (Fsp3) is 0.455. The van der Waals surface area contributed by atoms with Gasteiger partial charge in [-0.15, -0.1) is 0 Å². The molecule has 5 heteroatoms. The van der Waals surface area contributed by atoms with E-state index >= 15 is 0 Å². The summed E-state index contributed by atoms with van der Waals surface area (Å²) < 4.78 is 7.12. The molecule has 16 heavy (non-hydrogen) atoms. The number of carboxylic acids is 1. The molecular weight excluding hydrogens is 208 g/mol. The molecule has 0 spiro atoms. The molecule has 1 fully saturated rings. The summed E-state index contributed by atoms with van der Waals surface area (Å²) in [5, 5.41) is 12.7. The first-order valence-corrected chi connectivity index (χ1v) is 5.25. The minimum atomic E-state index is -0.947. The second kappa shape index (κ2) is 4.94. The predicted molar refractivity (Wildman–Crippen MR) is 57.8 cm³/mol. The van der Waals surface area contributed by atoms with E-state index in [9.17, 15) is 4.79 Å². The number of carbonyl (C=O) groups is 1. The van der Waals surface area contributed by atoms with Gasteiger partial charge in [-0.2, -0.15) is 5.10 Å². The van der Waals surface area contributed by atoms with E-state index in [0.29, 0.717) is 5.92 Å².